The topological polar surface area (TPSA) is 95.9 Å². The maximum atomic E-state index is 13.0. The number of amides is 1. The Labute approximate surface area is 309 Å². The van der Waals surface area contributed by atoms with Gasteiger partial charge in [-0.25, -0.2) is 0 Å². The molecule has 8 heteroatoms. The monoisotopic (exact) mass is 720 g/mol. The summed E-state index contributed by atoms with van der Waals surface area (Å²) in [6, 6.07) is 5.49. The summed E-state index contributed by atoms with van der Waals surface area (Å²) in [5, 5.41) is 11.2. The second-order valence-corrected chi connectivity index (χ2v) is 17.4. The molecule has 1 saturated heterocycles. The first kappa shape index (κ1) is 39.6. The zero-order chi connectivity index (χ0) is 36.3. The Morgan fingerprint density at radius 1 is 0.980 bits per heavy atom. The second-order valence-electron chi connectivity index (χ2n) is 16.1. The fraction of sp³-hybridized carbons (Fsp3) is 0.698. The lowest BCUT2D eigenvalue weighted by Crippen LogP contribution is -2.50. The Bertz CT molecular complexity index is 1510. The third-order valence-corrected chi connectivity index (χ3v) is 13.8. The van der Waals surface area contributed by atoms with Gasteiger partial charge < -0.3 is 14.2 Å². The summed E-state index contributed by atoms with van der Waals surface area (Å²) < 4.78 is 34.4. The predicted octanol–water partition coefficient (Wildman–Crippen LogP) is 8.92. The van der Waals surface area contributed by atoms with Crippen LogP contribution in [0.4, 0.5) is 0 Å². The van der Waals surface area contributed by atoms with Crippen LogP contribution in [0.3, 0.4) is 0 Å². The van der Waals surface area contributed by atoms with Crippen molar-refractivity contribution in [2.24, 2.45) is 17.3 Å². The van der Waals surface area contributed by atoms with E-state index in [1.165, 1.54) is 44.1 Å². The molecule has 51 heavy (non-hydrogen) atoms. The van der Waals surface area contributed by atoms with E-state index in [9.17, 15) is 18.3 Å². The number of rotatable bonds is 18. The van der Waals surface area contributed by atoms with Crippen molar-refractivity contribution < 1.29 is 22.5 Å². The van der Waals surface area contributed by atoms with Crippen molar-refractivity contribution in [3.63, 3.8) is 0 Å². The maximum Gasteiger partial charge on any atom is 0.382 e. The first-order valence-electron chi connectivity index (χ1n) is 20.2. The maximum absolute atomic E-state index is 13.0. The molecule has 1 aromatic carbocycles. The molecular formula is C43H64N2O5S. The lowest BCUT2D eigenvalue weighted by molar-refractivity contribution is -0.132. The van der Waals surface area contributed by atoms with Gasteiger partial charge in [0.1, 0.15) is 11.4 Å². The molecule has 5 atom stereocenters. The summed E-state index contributed by atoms with van der Waals surface area (Å²) >= 11 is 0. The van der Waals surface area contributed by atoms with Gasteiger partial charge in [-0.2, -0.15) is 13.1 Å². The molecule has 3 aliphatic carbocycles. The number of aliphatic hydroxyl groups is 1. The molecule has 1 amide bonds. The van der Waals surface area contributed by atoms with Crippen LogP contribution in [0.2, 0.25) is 0 Å². The quantitative estimate of drug-likeness (QED) is 0.0898. The smallest absolute Gasteiger partial charge is 0.377 e. The highest BCUT2D eigenvalue weighted by atomic mass is 32.2. The van der Waals surface area contributed by atoms with Gasteiger partial charge in [0.25, 0.3) is 0 Å². The first-order chi connectivity index (χ1) is 24.6. The highest BCUT2D eigenvalue weighted by Crippen LogP contribution is 2.64. The van der Waals surface area contributed by atoms with Crippen molar-refractivity contribution in [3.8, 4) is 18.1 Å². The van der Waals surface area contributed by atoms with E-state index >= 15 is 0 Å². The minimum absolute atomic E-state index is 0.178. The Balaban J connectivity index is 0.965. The largest absolute Gasteiger partial charge is 0.382 e. The van der Waals surface area contributed by atoms with Crippen LogP contribution in [0.25, 0.3) is 0 Å². The fourth-order valence-electron chi connectivity index (χ4n) is 9.71. The average Bonchev–Trinajstić information content (AvgIpc) is 3.40. The van der Waals surface area contributed by atoms with Crippen molar-refractivity contribution in [1.29, 1.82) is 0 Å². The molecule has 0 spiro atoms. The molecule has 2 N–H and O–H groups in total. The van der Waals surface area contributed by atoms with Crippen molar-refractivity contribution >= 4 is 16.2 Å². The molecule has 0 radical (unpaired) electrons. The number of likely N-dealkylation sites (tertiary alicyclic amines) is 1. The summed E-state index contributed by atoms with van der Waals surface area (Å²) in [6.07, 6.45) is 34.9. The van der Waals surface area contributed by atoms with E-state index in [4.69, 9.17) is 10.6 Å². The number of carbonyl (C=O) groups excluding carboxylic acids is 1. The van der Waals surface area contributed by atoms with E-state index in [0.29, 0.717) is 62.3 Å². The number of hydrogen-bond donors (Lipinski definition) is 2. The normalized spacial score (nSPS) is 28.0. The van der Waals surface area contributed by atoms with Crippen molar-refractivity contribution in [2.45, 2.75) is 160 Å². The van der Waals surface area contributed by atoms with Crippen LogP contribution in [0.1, 0.15) is 153 Å². The Morgan fingerprint density at radius 3 is 2.41 bits per heavy atom. The van der Waals surface area contributed by atoms with Crippen LogP contribution in [-0.4, -0.2) is 49.1 Å². The zero-order valence-corrected chi connectivity index (χ0v) is 32.2. The van der Waals surface area contributed by atoms with E-state index in [1.807, 2.05) is 11.0 Å². The van der Waals surface area contributed by atoms with Crippen LogP contribution in [0.5, 0.6) is 5.75 Å². The Morgan fingerprint density at radius 2 is 1.69 bits per heavy atom. The molecule has 4 aliphatic rings. The molecule has 1 heterocycles. The number of carbonyl (C=O) groups is 1. The highest BCUT2D eigenvalue weighted by Gasteiger charge is 2.61. The predicted molar refractivity (Wildman–Crippen MR) is 206 cm³/mol. The molecule has 0 aromatic heterocycles. The molecule has 0 bridgehead atoms. The van der Waals surface area contributed by atoms with E-state index in [2.05, 4.69) is 54.9 Å². The Kier molecular flexibility index (Phi) is 14.3. The average molecular weight is 721 g/mol. The number of terminal acetylenes is 1. The second kappa shape index (κ2) is 18.4. The van der Waals surface area contributed by atoms with E-state index < -0.39 is 15.9 Å². The van der Waals surface area contributed by atoms with Gasteiger partial charge in [-0.05, 0) is 131 Å². The first-order valence-corrected chi connectivity index (χ1v) is 21.6. The zero-order valence-electron chi connectivity index (χ0n) is 31.4. The molecule has 2 saturated carbocycles. The summed E-state index contributed by atoms with van der Waals surface area (Å²) in [5.74, 6) is 4.54. The molecular weight excluding hydrogens is 657 g/mol. The number of piperidine rings is 1. The van der Waals surface area contributed by atoms with Gasteiger partial charge in [0, 0.05) is 31.0 Å². The van der Waals surface area contributed by atoms with Crippen molar-refractivity contribution in [1.82, 2.24) is 9.62 Å². The standard InChI is InChI=1S/C43H64N2O5S/c1-4-6-7-8-9-10-11-12-13-14-15-16-17-18-19-20-41(46)45-31-27-35(28-32-45)44-51(48,49)50-36-22-24-37-34(33-36)21-23-39-38(37)25-29-42(3)40(39)26-30-43(42,47)5-2/h2,9-10,12-13,22,24,33,35,38-40,44,47H,4,6-8,11,14-21,23,25-32H2,1,3H3/b10-9-,13-12-/t38-,39-,40+,42+,43+/m1/s1. The van der Waals surface area contributed by atoms with E-state index in [-0.39, 0.29) is 17.4 Å². The summed E-state index contributed by atoms with van der Waals surface area (Å²) in [6.45, 7) is 5.55. The van der Waals surface area contributed by atoms with Gasteiger partial charge in [0.15, 0.2) is 0 Å². The van der Waals surface area contributed by atoms with Gasteiger partial charge in [-0.1, -0.05) is 82.2 Å². The summed E-state index contributed by atoms with van der Waals surface area (Å²) in [5.41, 5.74) is 1.19. The number of unbranched alkanes of at least 4 members (excludes halogenated alkanes) is 8. The highest BCUT2D eigenvalue weighted by molar-refractivity contribution is 7.85. The van der Waals surface area contributed by atoms with Gasteiger partial charge >= 0.3 is 10.3 Å². The van der Waals surface area contributed by atoms with Crippen LogP contribution in [0, 0.1) is 29.6 Å². The van der Waals surface area contributed by atoms with Crippen LogP contribution >= 0.6 is 0 Å². The number of benzene rings is 1. The molecule has 0 unspecified atom stereocenters. The molecule has 5 rings (SSSR count). The molecule has 7 nitrogen and oxygen atoms in total. The lowest BCUT2D eigenvalue weighted by atomic mass is 9.53. The number of nitrogens with one attached hydrogen (secondary N) is 1. The number of hydrogen-bond acceptors (Lipinski definition) is 5. The van der Waals surface area contributed by atoms with Crippen molar-refractivity contribution in [3.05, 3.63) is 53.6 Å². The number of nitrogens with zero attached hydrogens (tertiary/aromatic N) is 1. The molecule has 1 aromatic rings. The minimum atomic E-state index is -4.00. The van der Waals surface area contributed by atoms with Crippen molar-refractivity contribution in [2.75, 3.05) is 13.1 Å². The molecule has 3 fully saturated rings. The van der Waals surface area contributed by atoms with Crippen LogP contribution < -0.4 is 8.91 Å². The fourth-order valence-corrected chi connectivity index (χ4v) is 10.8. The van der Waals surface area contributed by atoms with Crippen LogP contribution in [-0.2, 0) is 21.5 Å². The summed E-state index contributed by atoms with van der Waals surface area (Å²) in [4.78, 5) is 14.7. The third-order valence-electron chi connectivity index (χ3n) is 12.8. The minimum Gasteiger partial charge on any atom is -0.377 e. The van der Waals surface area contributed by atoms with Gasteiger partial charge in [0.05, 0.1) is 0 Å². The molecule has 1 aliphatic heterocycles. The van der Waals surface area contributed by atoms with E-state index in [0.717, 1.165) is 69.8 Å². The SMILES string of the molecule is C#C[C@]1(O)CC[C@H]2[C@@H]3CCc4cc(OS(=O)(=O)NC5CCN(C(=O)CCCCCCC/C=C\C/C=C\CCCCC)CC5)ccc4[C@H]3CC[C@@]21C. The number of fused-ring (bicyclic) bond motifs is 5. The van der Waals surface area contributed by atoms with Gasteiger partial charge in [-0.15, -0.1) is 6.42 Å². The molecule has 282 valence electrons. The lowest BCUT2D eigenvalue weighted by Gasteiger charge is -2.52. The van der Waals surface area contributed by atoms with Crippen LogP contribution in [0.15, 0.2) is 42.5 Å². The van der Waals surface area contributed by atoms with Gasteiger partial charge in [-0.3, -0.25) is 4.79 Å². The third kappa shape index (κ3) is 10.1. The number of allylic oxidation sites excluding steroid dienone is 4. The van der Waals surface area contributed by atoms with Gasteiger partial charge in [0.2, 0.25) is 5.91 Å². The Hall–Kier alpha value is -2.60. The number of aryl methyl sites for hydroxylation is 1. The summed E-state index contributed by atoms with van der Waals surface area (Å²) in [7, 11) is -4.00. The van der Waals surface area contributed by atoms with E-state index in [1.54, 1.807) is 6.07 Å².